The molecule has 1 aliphatic heterocycles. The van der Waals surface area contributed by atoms with Crippen molar-refractivity contribution in [1.29, 1.82) is 0 Å². The van der Waals surface area contributed by atoms with E-state index in [9.17, 15) is 0 Å². The molecule has 0 atom stereocenters. The third-order valence-electron chi connectivity index (χ3n) is 4.20. The molecule has 5 nitrogen and oxygen atoms in total. The maximum Gasteiger partial charge on any atom is 0.135 e. The molecule has 3 heterocycles. The van der Waals surface area contributed by atoms with Crippen molar-refractivity contribution in [1.82, 2.24) is 15.0 Å². The Balaban J connectivity index is 1.44. The van der Waals surface area contributed by atoms with Gasteiger partial charge >= 0.3 is 0 Å². The molecule has 0 N–H and O–H groups in total. The number of fused-ring (bicyclic) bond motifs is 1. The van der Waals surface area contributed by atoms with Gasteiger partial charge in [0.05, 0.1) is 13.1 Å². The van der Waals surface area contributed by atoms with Crippen molar-refractivity contribution >= 4 is 5.82 Å². The Morgan fingerprint density at radius 1 is 1.05 bits per heavy atom. The van der Waals surface area contributed by atoms with Crippen molar-refractivity contribution in [2.24, 2.45) is 0 Å². The number of ether oxygens (including phenoxy) is 1. The highest BCUT2D eigenvalue weighted by atomic mass is 16.5. The molecule has 0 unspecified atom stereocenters. The molecule has 0 bridgehead atoms. The Kier molecular flexibility index (Phi) is 3.18. The highest BCUT2D eigenvalue weighted by Gasteiger charge is 2.32. The summed E-state index contributed by atoms with van der Waals surface area (Å²) in [6, 6.07) is 3.80. The van der Waals surface area contributed by atoms with Gasteiger partial charge in [0.25, 0.3) is 0 Å². The van der Waals surface area contributed by atoms with Crippen LogP contribution in [0.5, 0.6) is 5.75 Å². The van der Waals surface area contributed by atoms with Crippen molar-refractivity contribution in [2.75, 3.05) is 18.0 Å². The van der Waals surface area contributed by atoms with Crippen molar-refractivity contribution in [3.63, 3.8) is 0 Å². The van der Waals surface area contributed by atoms with Gasteiger partial charge in [0.1, 0.15) is 24.0 Å². The minimum atomic E-state index is 0.238. The standard InChI is InChI=1S/C16H18N4O/c1-2-4-15-14(3-1)16(19-11-18-15)20-9-13(10-20)21-12-5-7-17-8-6-12/h5-8,11,13H,1-4,9-10H2. The number of hydrogen-bond donors (Lipinski definition) is 0. The van der Waals surface area contributed by atoms with E-state index in [0.29, 0.717) is 0 Å². The minimum Gasteiger partial charge on any atom is -0.487 e. The fourth-order valence-electron chi connectivity index (χ4n) is 3.07. The lowest BCUT2D eigenvalue weighted by Crippen LogP contribution is -2.54. The lowest BCUT2D eigenvalue weighted by molar-refractivity contribution is 0.166. The number of pyridine rings is 1. The predicted molar refractivity (Wildman–Crippen MR) is 79.5 cm³/mol. The first-order valence-electron chi connectivity index (χ1n) is 7.54. The first-order chi connectivity index (χ1) is 10.4. The quantitative estimate of drug-likeness (QED) is 0.862. The van der Waals surface area contributed by atoms with Crippen LogP contribution in [0.15, 0.2) is 30.9 Å². The molecule has 1 fully saturated rings. The second-order valence-corrected chi connectivity index (χ2v) is 5.66. The molecule has 0 aromatic carbocycles. The molecule has 4 rings (SSSR count). The van der Waals surface area contributed by atoms with Crippen LogP contribution < -0.4 is 9.64 Å². The van der Waals surface area contributed by atoms with Crippen molar-refractivity contribution in [3.05, 3.63) is 42.1 Å². The van der Waals surface area contributed by atoms with Gasteiger partial charge in [-0.05, 0) is 37.8 Å². The Morgan fingerprint density at radius 2 is 1.86 bits per heavy atom. The molecule has 0 spiro atoms. The third-order valence-corrected chi connectivity index (χ3v) is 4.20. The maximum absolute atomic E-state index is 5.92. The van der Waals surface area contributed by atoms with Crippen molar-refractivity contribution in [3.8, 4) is 5.75 Å². The van der Waals surface area contributed by atoms with Crippen molar-refractivity contribution in [2.45, 2.75) is 31.8 Å². The highest BCUT2D eigenvalue weighted by molar-refractivity contribution is 5.52. The van der Waals surface area contributed by atoms with Gasteiger partial charge in [-0.1, -0.05) is 0 Å². The Bertz CT molecular complexity index is 625. The average Bonchev–Trinajstić information content (AvgIpc) is 2.51. The van der Waals surface area contributed by atoms with Gasteiger partial charge in [0.15, 0.2) is 0 Å². The van der Waals surface area contributed by atoms with E-state index in [1.165, 1.54) is 24.1 Å². The van der Waals surface area contributed by atoms with Crippen LogP contribution in [0.1, 0.15) is 24.1 Å². The van der Waals surface area contributed by atoms with Crippen LogP contribution in [0, 0.1) is 0 Å². The van der Waals surface area contributed by atoms with Gasteiger partial charge in [-0.25, -0.2) is 9.97 Å². The lowest BCUT2D eigenvalue weighted by atomic mass is 9.95. The van der Waals surface area contributed by atoms with Gasteiger partial charge in [-0.3, -0.25) is 4.98 Å². The van der Waals surface area contributed by atoms with E-state index < -0.39 is 0 Å². The molecule has 1 saturated heterocycles. The molecular weight excluding hydrogens is 264 g/mol. The average molecular weight is 282 g/mol. The minimum absolute atomic E-state index is 0.238. The zero-order chi connectivity index (χ0) is 14.1. The summed E-state index contributed by atoms with van der Waals surface area (Å²) >= 11 is 0. The van der Waals surface area contributed by atoms with Crippen LogP contribution in [0.2, 0.25) is 0 Å². The Hall–Kier alpha value is -2.17. The first kappa shape index (κ1) is 12.6. The van der Waals surface area contributed by atoms with Crippen LogP contribution in [0.3, 0.4) is 0 Å². The number of anilines is 1. The molecule has 5 heteroatoms. The van der Waals surface area contributed by atoms with E-state index in [1.807, 2.05) is 12.1 Å². The highest BCUT2D eigenvalue weighted by Crippen LogP contribution is 2.30. The summed E-state index contributed by atoms with van der Waals surface area (Å²) in [4.78, 5) is 15.2. The smallest absolute Gasteiger partial charge is 0.135 e. The molecule has 108 valence electrons. The molecule has 21 heavy (non-hydrogen) atoms. The van der Waals surface area contributed by atoms with Crippen LogP contribution in [-0.4, -0.2) is 34.1 Å². The van der Waals surface area contributed by atoms with Gasteiger partial charge in [0, 0.05) is 23.7 Å². The van der Waals surface area contributed by atoms with Crippen LogP contribution in [0.25, 0.3) is 0 Å². The first-order valence-corrected chi connectivity index (χ1v) is 7.54. The summed E-state index contributed by atoms with van der Waals surface area (Å²) in [6.07, 6.45) is 10.2. The molecule has 0 radical (unpaired) electrons. The monoisotopic (exact) mass is 282 g/mol. The molecule has 0 amide bonds. The van der Waals surface area contributed by atoms with Gasteiger partial charge in [0.2, 0.25) is 0 Å². The molecule has 2 aromatic rings. The second kappa shape index (κ2) is 5.31. The van der Waals surface area contributed by atoms with E-state index in [1.54, 1.807) is 18.7 Å². The van der Waals surface area contributed by atoms with Gasteiger partial charge < -0.3 is 9.64 Å². The number of nitrogens with zero attached hydrogens (tertiary/aromatic N) is 4. The Labute approximate surface area is 124 Å². The van der Waals surface area contributed by atoms with Crippen LogP contribution >= 0.6 is 0 Å². The van der Waals surface area contributed by atoms with E-state index in [-0.39, 0.29) is 6.10 Å². The normalized spacial score (nSPS) is 18.0. The largest absolute Gasteiger partial charge is 0.487 e. The molecular formula is C16H18N4O. The zero-order valence-electron chi connectivity index (χ0n) is 11.9. The maximum atomic E-state index is 5.92. The number of aryl methyl sites for hydroxylation is 1. The lowest BCUT2D eigenvalue weighted by Gasteiger charge is -2.41. The van der Waals surface area contributed by atoms with Crippen LogP contribution in [-0.2, 0) is 12.8 Å². The summed E-state index contributed by atoms with van der Waals surface area (Å²) in [5.41, 5.74) is 2.59. The topological polar surface area (TPSA) is 51.1 Å². The third kappa shape index (κ3) is 2.44. The van der Waals surface area contributed by atoms with E-state index in [4.69, 9.17) is 4.74 Å². The SMILES string of the molecule is c1cc(OC2CN(c3ncnc4c3CCCC4)C2)ccn1. The number of hydrogen-bond acceptors (Lipinski definition) is 5. The fraction of sp³-hybridized carbons (Fsp3) is 0.438. The zero-order valence-corrected chi connectivity index (χ0v) is 11.9. The number of rotatable bonds is 3. The van der Waals surface area contributed by atoms with Crippen LogP contribution in [0.4, 0.5) is 5.82 Å². The molecule has 2 aliphatic rings. The van der Waals surface area contributed by atoms with E-state index in [0.717, 1.165) is 37.5 Å². The summed E-state index contributed by atoms with van der Waals surface area (Å²) in [7, 11) is 0. The van der Waals surface area contributed by atoms with Gasteiger partial charge in [-0.2, -0.15) is 0 Å². The summed E-state index contributed by atoms with van der Waals surface area (Å²) in [5.74, 6) is 2.01. The molecule has 2 aromatic heterocycles. The summed E-state index contributed by atoms with van der Waals surface area (Å²) in [6.45, 7) is 1.79. The Morgan fingerprint density at radius 3 is 2.71 bits per heavy atom. The fourth-order valence-corrected chi connectivity index (χ4v) is 3.07. The second-order valence-electron chi connectivity index (χ2n) is 5.66. The number of aromatic nitrogens is 3. The predicted octanol–water partition coefficient (Wildman–Crippen LogP) is 2.02. The van der Waals surface area contributed by atoms with Crippen molar-refractivity contribution < 1.29 is 4.74 Å². The molecule has 0 saturated carbocycles. The van der Waals surface area contributed by atoms with E-state index in [2.05, 4.69) is 19.9 Å². The van der Waals surface area contributed by atoms with Gasteiger partial charge in [-0.15, -0.1) is 0 Å². The summed E-state index contributed by atoms with van der Waals surface area (Å²) < 4.78 is 5.92. The van der Waals surface area contributed by atoms with E-state index >= 15 is 0 Å². The molecule has 1 aliphatic carbocycles. The summed E-state index contributed by atoms with van der Waals surface area (Å²) in [5, 5.41) is 0.